The summed E-state index contributed by atoms with van der Waals surface area (Å²) < 4.78 is 0. The first-order valence-corrected chi connectivity index (χ1v) is 5.54. The zero-order valence-electron chi connectivity index (χ0n) is 8.93. The van der Waals surface area contributed by atoms with E-state index in [1.165, 1.54) is 0 Å². The number of aromatic nitrogens is 2. The predicted molar refractivity (Wildman–Crippen MR) is 61.4 cm³/mol. The lowest BCUT2D eigenvalue weighted by Gasteiger charge is -2.14. The summed E-state index contributed by atoms with van der Waals surface area (Å²) in [6, 6.07) is 1.15. The Morgan fingerprint density at radius 3 is 2.69 bits per heavy atom. The molecule has 1 atom stereocenters. The number of hydrogen-bond acceptors (Lipinski definition) is 5. The molecule has 0 saturated carbocycles. The zero-order valence-corrected chi connectivity index (χ0v) is 9.75. The first kappa shape index (κ1) is 12.6. The lowest BCUT2D eigenvalue weighted by Crippen LogP contribution is -2.23. The van der Waals surface area contributed by atoms with Crippen LogP contribution in [0, 0.1) is 5.92 Å². The van der Waals surface area contributed by atoms with Crippen LogP contribution in [0.4, 0.5) is 5.82 Å². The van der Waals surface area contributed by atoms with Crippen LogP contribution in [0.1, 0.15) is 13.8 Å². The van der Waals surface area contributed by atoms with Crippen molar-refractivity contribution in [1.29, 1.82) is 0 Å². The van der Waals surface area contributed by atoms with Crippen LogP contribution in [0.15, 0.2) is 16.0 Å². The minimum absolute atomic E-state index is 0.0748. The van der Waals surface area contributed by atoms with Crippen LogP contribution in [-0.4, -0.2) is 26.3 Å². The van der Waals surface area contributed by atoms with E-state index in [-0.39, 0.29) is 22.5 Å². The van der Waals surface area contributed by atoms with Gasteiger partial charge in [0.15, 0.2) is 5.16 Å². The molecular formula is C9H13N3O3S. The van der Waals surface area contributed by atoms with Crippen molar-refractivity contribution >= 4 is 23.5 Å². The van der Waals surface area contributed by atoms with Crippen molar-refractivity contribution in [3.05, 3.63) is 16.4 Å². The van der Waals surface area contributed by atoms with Crippen molar-refractivity contribution in [3.8, 4) is 0 Å². The predicted octanol–water partition coefficient (Wildman–Crippen LogP) is 0.553. The summed E-state index contributed by atoms with van der Waals surface area (Å²) in [5.41, 5.74) is 5.01. The quantitative estimate of drug-likeness (QED) is 0.526. The second kappa shape index (κ2) is 5.02. The number of nitrogens with two attached hydrogens (primary N) is 1. The Balaban J connectivity index is 2.93. The Morgan fingerprint density at radius 1 is 1.62 bits per heavy atom. The van der Waals surface area contributed by atoms with Crippen LogP contribution < -0.4 is 11.3 Å². The molecule has 0 aliphatic carbocycles. The lowest BCUT2D eigenvalue weighted by atomic mass is 10.1. The van der Waals surface area contributed by atoms with Crippen molar-refractivity contribution in [3.63, 3.8) is 0 Å². The topological polar surface area (TPSA) is 109 Å². The number of nitrogens with zero attached hydrogens (tertiary/aromatic N) is 1. The first-order valence-electron chi connectivity index (χ1n) is 4.66. The number of anilines is 1. The molecule has 4 N–H and O–H groups in total. The van der Waals surface area contributed by atoms with E-state index < -0.39 is 11.2 Å². The van der Waals surface area contributed by atoms with Gasteiger partial charge in [-0.1, -0.05) is 25.6 Å². The van der Waals surface area contributed by atoms with Gasteiger partial charge in [-0.15, -0.1) is 0 Å². The van der Waals surface area contributed by atoms with Crippen LogP contribution in [0.25, 0.3) is 0 Å². The second-order valence-electron chi connectivity index (χ2n) is 3.60. The second-order valence-corrected chi connectivity index (χ2v) is 4.73. The minimum Gasteiger partial charge on any atom is -0.480 e. The number of aliphatic carboxylic acids is 1. The molecule has 1 heterocycles. The lowest BCUT2D eigenvalue weighted by molar-refractivity contribution is -0.137. The number of nitrogens with one attached hydrogen (secondary N) is 1. The largest absolute Gasteiger partial charge is 0.480 e. The Morgan fingerprint density at radius 2 is 2.25 bits per heavy atom. The molecule has 1 aromatic rings. The zero-order chi connectivity index (χ0) is 12.3. The maximum atomic E-state index is 11.1. The van der Waals surface area contributed by atoms with E-state index in [4.69, 9.17) is 10.8 Å². The summed E-state index contributed by atoms with van der Waals surface area (Å²) in [6.07, 6.45) is 0. The monoisotopic (exact) mass is 243 g/mol. The fourth-order valence-corrected chi connectivity index (χ4v) is 2.03. The van der Waals surface area contributed by atoms with Crippen molar-refractivity contribution in [2.75, 3.05) is 5.73 Å². The first-order chi connectivity index (χ1) is 7.40. The molecule has 0 radical (unpaired) electrons. The summed E-state index contributed by atoms with van der Waals surface area (Å²) in [5.74, 6) is -0.932. The Kier molecular flexibility index (Phi) is 3.94. The van der Waals surface area contributed by atoms with Gasteiger partial charge in [0.25, 0.3) is 5.56 Å². The highest BCUT2D eigenvalue weighted by atomic mass is 32.2. The van der Waals surface area contributed by atoms with Gasteiger partial charge in [-0.25, -0.2) is 4.98 Å². The highest BCUT2D eigenvalue weighted by Gasteiger charge is 2.23. The minimum atomic E-state index is -0.940. The fraction of sp³-hybridized carbons (Fsp3) is 0.444. The molecule has 16 heavy (non-hydrogen) atoms. The molecule has 1 aromatic heterocycles. The standard InChI is InChI=1S/C9H13N3O3S/c1-4(2)7(8(14)15)16-9-11-5(10)3-6(13)12-9/h3-4,7H,1-2H3,(H,14,15)(H3,10,11,12,13). The molecule has 7 heteroatoms. The summed E-state index contributed by atoms with van der Waals surface area (Å²) in [7, 11) is 0. The average Bonchev–Trinajstić information content (AvgIpc) is 2.11. The number of carboxylic acids is 1. The number of hydrogen-bond donors (Lipinski definition) is 3. The van der Waals surface area contributed by atoms with Crippen molar-refractivity contribution in [2.45, 2.75) is 24.3 Å². The summed E-state index contributed by atoms with van der Waals surface area (Å²) in [5, 5.41) is 8.54. The molecule has 1 unspecified atom stereocenters. The Bertz CT molecular complexity index is 444. The van der Waals surface area contributed by atoms with E-state index in [1.54, 1.807) is 13.8 Å². The van der Waals surface area contributed by atoms with Crippen LogP contribution >= 0.6 is 11.8 Å². The maximum absolute atomic E-state index is 11.1. The summed E-state index contributed by atoms with van der Waals surface area (Å²) in [6.45, 7) is 3.58. The molecule has 88 valence electrons. The van der Waals surface area contributed by atoms with Gasteiger partial charge in [-0.05, 0) is 5.92 Å². The number of aromatic amines is 1. The van der Waals surface area contributed by atoms with E-state index in [1.807, 2.05) is 0 Å². The number of thioether (sulfide) groups is 1. The molecular weight excluding hydrogens is 230 g/mol. The number of H-pyrrole nitrogens is 1. The van der Waals surface area contributed by atoms with Crippen LogP contribution in [0.2, 0.25) is 0 Å². The fourth-order valence-electron chi connectivity index (χ4n) is 1.10. The maximum Gasteiger partial charge on any atom is 0.317 e. The summed E-state index contributed by atoms with van der Waals surface area (Å²) in [4.78, 5) is 28.3. The van der Waals surface area contributed by atoms with E-state index in [0.29, 0.717) is 0 Å². The number of carbonyl (C=O) groups is 1. The molecule has 0 aliphatic heterocycles. The molecule has 0 saturated heterocycles. The van der Waals surface area contributed by atoms with Gasteiger partial charge >= 0.3 is 5.97 Å². The van der Waals surface area contributed by atoms with E-state index >= 15 is 0 Å². The molecule has 0 aliphatic rings. The number of nitrogen functional groups attached to an aromatic ring is 1. The van der Waals surface area contributed by atoms with E-state index in [2.05, 4.69) is 9.97 Å². The van der Waals surface area contributed by atoms with Gasteiger partial charge in [0.05, 0.1) is 0 Å². The summed E-state index contributed by atoms with van der Waals surface area (Å²) >= 11 is 0.987. The van der Waals surface area contributed by atoms with Crippen molar-refractivity contribution in [1.82, 2.24) is 9.97 Å². The highest BCUT2D eigenvalue weighted by Crippen LogP contribution is 2.25. The van der Waals surface area contributed by atoms with Crippen molar-refractivity contribution in [2.24, 2.45) is 5.92 Å². The van der Waals surface area contributed by atoms with Crippen LogP contribution in [0.5, 0.6) is 0 Å². The number of rotatable bonds is 4. The molecule has 6 nitrogen and oxygen atoms in total. The van der Waals surface area contributed by atoms with Gasteiger partial charge in [-0.2, -0.15) is 0 Å². The SMILES string of the molecule is CC(C)C(Sc1nc(N)cc(=O)[nH]1)C(=O)O. The average molecular weight is 243 g/mol. The van der Waals surface area contributed by atoms with Gasteiger partial charge in [0.2, 0.25) is 0 Å². The normalized spacial score (nSPS) is 12.7. The van der Waals surface area contributed by atoms with Gasteiger partial charge in [-0.3, -0.25) is 9.59 Å². The molecule has 1 rings (SSSR count). The van der Waals surface area contributed by atoms with Crippen LogP contribution in [-0.2, 0) is 4.79 Å². The molecule has 0 aromatic carbocycles. The van der Waals surface area contributed by atoms with E-state index in [0.717, 1.165) is 17.8 Å². The smallest absolute Gasteiger partial charge is 0.317 e. The number of carboxylic acid groups (broad SMARTS) is 1. The van der Waals surface area contributed by atoms with Gasteiger partial charge in [0, 0.05) is 6.07 Å². The Hall–Kier alpha value is -1.50. The van der Waals surface area contributed by atoms with Gasteiger partial charge < -0.3 is 15.8 Å². The Labute approximate surface area is 96.3 Å². The third-order valence-corrected chi connectivity index (χ3v) is 3.24. The molecule has 0 amide bonds. The van der Waals surface area contributed by atoms with Crippen LogP contribution in [0.3, 0.4) is 0 Å². The third-order valence-electron chi connectivity index (χ3n) is 1.83. The van der Waals surface area contributed by atoms with E-state index in [9.17, 15) is 9.59 Å². The molecule has 0 fully saturated rings. The molecule has 0 bridgehead atoms. The highest BCUT2D eigenvalue weighted by molar-refractivity contribution is 8.00. The van der Waals surface area contributed by atoms with Gasteiger partial charge in [0.1, 0.15) is 11.1 Å². The third kappa shape index (κ3) is 3.27. The van der Waals surface area contributed by atoms with Crippen molar-refractivity contribution < 1.29 is 9.90 Å². The molecule has 0 spiro atoms.